The van der Waals surface area contributed by atoms with Gasteiger partial charge >= 0.3 is 5.97 Å². The number of hydrogen-bond acceptors (Lipinski definition) is 7. The molecule has 0 saturated heterocycles. The highest BCUT2D eigenvalue weighted by Gasteiger charge is 2.35. The molecule has 2 aromatic carbocycles. The minimum absolute atomic E-state index is 0.0861. The van der Waals surface area contributed by atoms with E-state index in [1.165, 1.54) is 7.11 Å². The first-order valence-electron chi connectivity index (χ1n) is 11.9. The van der Waals surface area contributed by atoms with Gasteiger partial charge in [-0.25, -0.2) is 4.79 Å². The molecule has 0 aromatic heterocycles. The Morgan fingerprint density at radius 2 is 1.89 bits per heavy atom. The molecule has 8 nitrogen and oxygen atoms in total. The Balaban J connectivity index is 1.53. The fourth-order valence-corrected chi connectivity index (χ4v) is 4.52. The second-order valence-electron chi connectivity index (χ2n) is 8.76. The molecule has 2 aliphatic rings. The van der Waals surface area contributed by atoms with Gasteiger partial charge in [-0.3, -0.25) is 4.79 Å². The molecule has 1 aliphatic carbocycles. The Morgan fingerprint density at radius 1 is 1.11 bits per heavy atom. The van der Waals surface area contributed by atoms with Gasteiger partial charge in [0, 0.05) is 25.4 Å². The van der Waals surface area contributed by atoms with E-state index in [1.807, 2.05) is 36.4 Å². The van der Waals surface area contributed by atoms with Crippen molar-refractivity contribution < 1.29 is 34.0 Å². The molecule has 1 heterocycles. The number of benzene rings is 2. The zero-order chi connectivity index (χ0) is 24.8. The van der Waals surface area contributed by atoms with Crippen molar-refractivity contribution in [2.45, 2.75) is 50.0 Å². The van der Waals surface area contributed by atoms with Gasteiger partial charge in [0.15, 0.2) is 5.76 Å². The maximum absolute atomic E-state index is 13.2. The molecule has 4 atom stereocenters. The van der Waals surface area contributed by atoms with Crippen LogP contribution < -0.4 is 5.32 Å². The van der Waals surface area contributed by atoms with Crippen LogP contribution in [0.5, 0.6) is 0 Å². The first-order valence-corrected chi connectivity index (χ1v) is 11.9. The number of carbonyl (C=O) groups excluding carboxylic acids is 2. The number of nitrogens with one attached hydrogen (secondary N) is 1. The zero-order valence-electron chi connectivity index (χ0n) is 19.7. The van der Waals surface area contributed by atoms with Crippen molar-refractivity contribution in [3.05, 3.63) is 82.6 Å². The van der Waals surface area contributed by atoms with Gasteiger partial charge in [0.2, 0.25) is 6.29 Å². The van der Waals surface area contributed by atoms with Crippen molar-refractivity contribution in [3.63, 3.8) is 0 Å². The second kappa shape index (κ2) is 11.5. The van der Waals surface area contributed by atoms with Crippen molar-refractivity contribution in [1.82, 2.24) is 5.32 Å². The van der Waals surface area contributed by atoms with E-state index in [4.69, 9.17) is 19.3 Å². The molecule has 0 saturated carbocycles. The van der Waals surface area contributed by atoms with E-state index in [9.17, 15) is 14.7 Å². The predicted molar refractivity (Wildman–Crippen MR) is 127 cm³/mol. The van der Waals surface area contributed by atoms with E-state index in [1.54, 1.807) is 18.2 Å². The summed E-state index contributed by atoms with van der Waals surface area (Å²) in [5.74, 6) is -0.896. The van der Waals surface area contributed by atoms with Crippen LogP contribution in [0.4, 0.5) is 0 Å². The van der Waals surface area contributed by atoms with Crippen LogP contribution in [0.2, 0.25) is 0 Å². The predicted octanol–water partition coefficient (Wildman–Crippen LogP) is 2.75. The Kier molecular flexibility index (Phi) is 8.17. The van der Waals surface area contributed by atoms with Gasteiger partial charge in [0.1, 0.15) is 0 Å². The second-order valence-corrected chi connectivity index (χ2v) is 8.76. The molecular formula is C27H31NO7. The van der Waals surface area contributed by atoms with Crippen LogP contribution in [-0.4, -0.2) is 54.8 Å². The summed E-state index contributed by atoms with van der Waals surface area (Å²) >= 11 is 0. The number of ether oxygens (including phenoxy) is 3. The lowest BCUT2D eigenvalue weighted by atomic mass is 9.92. The molecule has 186 valence electrons. The monoisotopic (exact) mass is 481 g/mol. The molecular weight excluding hydrogens is 450 g/mol. The van der Waals surface area contributed by atoms with Crippen molar-refractivity contribution in [1.29, 1.82) is 0 Å². The average molecular weight is 482 g/mol. The van der Waals surface area contributed by atoms with Crippen molar-refractivity contribution in [2.24, 2.45) is 0 Å². The molecule has 0 bridgehead atoms. The molecule has 8 heteroatoms. The van der Waals surface area contributed by atoms with E-state index < -0.39 is 30.3 Å². The summed E-state index contributed by atoms with van der Waals surface area (Å²) in [4.78, 5) is 25.0. The zero-order valence-corrected chi connectivity index (χ0v) is 19.7. The number of hydrogen-bond donors (Lipinski definition) is 3. The highest BCUT2D eigenvalue weighted by atomic mass is 16.7. The Hall–Kier alpha value is -3.20. The summed E-state index contributed by atoms with van der Waals surface area (Å²) in [5.41, 5.74) is 3.26. The summed E-state index contributed by atoms with van der Waals surface area (Å²) in [6, 6.07) is 14.2. The molecule has 4 rings (SSSR count). The number of aliphatic hydroxyl groups is 2. The number of aliphatic hydroxyl groups excluding tert-OH is 2. The third-order valence-electron chi connectivity index (χ3n) is 6.39. The Labute approximate surface area is 204 Å². The minimum Gasteiger partial charge on any atom is -0.465 e. The molecule has 1 amide bonds. The lowest BCUT2D eigenvalue weighted by Gasteiger charge is -2.30. The van der Waals surface area contributed by atoms with Crippen LogP contribution in [-0.2, 0) is 25.4 Å². The van der Waals surface area contributed by atoms with Gasteiger partial charge in [-0.05, 0) is 47.7 Å². The summed E-state index contributed by atoms with van der Waals surface area (Å²) in [5, 5.41) is 22.5. The van der Waals surface area contributed by atoms with Gasteiger partial charge in [-0.1, -0.05) is 36.4 Å². The average Bonchev–Trinajstić information content (AvgIpc) is 3.20. The maximum Gasteiger partial charge on any atom is 0.337 e. The van der Waals surface area contributed by atoms with Crippen LogP contribution >= 0.6 is 0 Å². The van der Waals surface area contributed by atoms with Gasteiger partial charge in [-0.2, -0.15) is 0 Å². The number of esters is 1. The first kappa shape index (κ1) is 24.9. The van der Waals surface area contributed by atoms with Crippen molar-refractivity contribution in [2.75, 3.05) is 20.3 Å². The Bertz CT molecular complexity index is 1070. The summed E-state index contributed by atoms with van der Waals surface area (Å²) in [6.07, 6.45) is 2.65. The topological polar surface area (TPSA) is 114 Å². The van der Waals surface area contributed by atoms with E-state index in [-0.39, 0.29) is 18.3 Å². The normalized spacial score (nSPS) is 23.1. The summed E-state index contributed by atoms with van der Waals surface area (Å²) < 4.78 is 16.5. The number of amides is 1. The Morgan fingerprint density at radius 3 is 2.63 bits per heavy atom. The van der Waals surface area contributed by atoms with E-state index in [0.717, 1.165) is 16.7 Å². The maximum atomic E-state index is 13.2. The van der Waals surface area contributed by atoms with Crippen LogP contribution in [0.1, 0.15) is 58.3 Å². The quantitative estimate of drug-likeness (QED) is 0.373. The lowest BCUT2D eigenvalue weighted by Crippen LogP contribution is -2.38. The smallest absolute Gasteiger partial charge is 0.337 e. The number of fused-ring (bicyclic) bond motifs is 1. The standard InChI is InChI=1S/C27H31NO7/c1-33-27(32)18-10-8-17(9-11-18)20-15-23(35-24(16-20)34-13-5-4-12-29)26(31)28-25-21-7-3-2-6-19(21)14-22(25)30/h2-3,6-11,15,20,22,24-25,29-30H,4-5,12-14,16H2,1H3,(H,28,31)/t20-,22-,24+,25+/m1/s1. The molecule has 3 N–H and O–H groups in total. The molecule has 2 aromatic rings. The number of rotatable bonds is 9. The van der Waals surface area contributed by atoms with Crippen LogP contribution in [0.3, 0.4) is 0 Å². The van der Waals surface area contributed by atoms with Crippen LogP contribution in [0.25, 0.3) is 0 Å². The molecule has 0 fully saturated rings. The number of allylic oxidation sites excluding steroid dienone is 1. The highest BCUT2D eigenvalue weighted by molar-refractivity contribution is 5.92. The lowest BCUT2D eigenvalue weighted by molar-refractivity contribution is -0.147. The van der Waals surface area contributed by atoms with Crippen LogP contribution in [0, 0.1) is 0 Å². The molecule has 35 heavy (non-hydrogen) atoms. The third-order valence-corrected chi connectivity index (χ3v) is 6.39. The minimum atomic E-state index is -0.715. The number of unbranched alkanes of at least 4 members (excludes halogenated alkanes) is 1. The largest absolute Gasteiger partial charge is 0.465 e. The van der Waals surface area contributed by atoms with Crippen molar-refractivity contribution in [3.8, 4) is 0 Å². The summed E-state index contributed by atoms with van der Waals surface area (Å²) in [7, 11) is 1.33. The number of methoxy groups -OCH3 is 1. The van der Waals surface area contributed by atoms with Gasteiger partial charge < -0.3 is 29.7 Å². The van der Waals surface area contributed by atoms with Gasteiger partial charge in [0.05, 0.1) is 31.4 Å². The molecule has 0 radical (unpaired) electrons. The van der Waals surface area contributed by atoms with Crippen LogP contribution in [0.15, 0.2) is 60.4 Å². The SMILES string of the molecule is COC(=O)c1ccc([C@@H]2C=C(C(=O)N[C@H]3c4ccccc4C[C@H]3O)O[C@H](OCCCCO)C2)cc1. The fraction of sp³-hybridized carbons (Fsp3) is 0.407. The van der Waals surface area contributed by atoms with E-state index in [2.05, 4.69) is 5.32 Å². The van der Waals surface area contributed by atoms with Crippen molar-refractivity contribution >= 4 is 11.9 Å². The summed E-state index contributed by atoms with van der Waals surface area (Å²) in [6.45, 7) is 0.478. The van der Waals surface area contributed by atoms with Gasteiger partial charge in [-0.15, -0.1) is 0 Å². The third kappa shape index (κ3) is 5.90. The molecule has 0 spiro atoms. The molecule has 0 unspecified atom stereocenters. The number of carbonyl (C=O) groups is 2. The van der Waals surface area contributed by atoms with E-state index in [0.29, 0.717) is 37.9 Å². The van der Waals surface area contributed by atoms with E-state index >= 15 is 0 Å². The molecule has 1 aliphatic heterocycles. The first-order chi connectivity index (χ1) is 17.0. The highest BCUT2D eigenvalue weighted by Crippen LogP contribution is 2.34. The van der Waals surface area contributed by atoms with Gasteiger partial charge in [0.25, 0.3) is 5.91 Å². The fourth-order valence-electron chi connectivity index (χ4n) is 4.52.